The Morgan fingerprint density at radius 2 is 1.78 bits per heavy atom. The molecule has 0 radical (unpaired) electrons. The largest absolute Gasteiger partial charge is 0.466 e. The van der Waals surface area contributed by atoms with Crippen molar-refractivity contribution in [3.63, 3.8) is 0 Å². The number of hydrogen-bond donors (Lipinski definition) is 1. The molecule has 0 spiro atoms. The first-order valence-electron chi connectivity index (χ1n) is 17.3. The van der Waals surface area contributed by atoms with Crippen LogP contribution in [0.1, 0.15) is 60.5 Å². The zero-order chi connectivity index (χ0) is 34.7. The van der Waals surface area contributed by atoms with Crippen molar-refractivity contribution in [2.24, 2.45) is 13.0 Å². The first-order chi connectivity index (χ1) is 23.7. The smallest absolute Gasteiger partial charge is 0.308 e. The maximum absolute atomic E-state index is 15.7. The maximum atomic E-state index is 15.7. The van der Waals surface area contributed by atoms with Gasteiger partial charge in [0.1, 0.15) is 5.82 Å². The molecule has 3 fully saturated rings. The zero-order valence-electron chi connectivity index (χ0n) is 28.5. The van der Waals surface area contributed by atoms with Crippen molar-refractivity contribution in [3.05, 3.63) is 65.1 Å². The number of para-hydroxylation sites is 1. The Bertz CT molecular complexity index is 1670. The lowest BCUT2D eigenvalue weighted by Crippen LogP contribution is -2.56. The molecule has 2 aromatic carbocycles. The van der Waals surface area contributed by atoms with Crippen LogP contribution in [0.5, 0.6) is 0 Å². The molecule has 0 unspecified atom stereocenters. The van der Waals surface area contributed by atoms with Gasteiger partial charge in [-0.1, -0.05) is 40.8 Å². The van der Waals surface area contributed by atoms with Gasteiger partial charge in [0, 0.05) is 67.0 Å². The number of methoxy groups -OCH3 is 1. The molecule has 2 amide bonds. The van der Waals surface area contributed by atoms with E-state index in [1.54, 1.807) is 19.4 Å². The van der Waals surface area contributed by atoms with Gasteiger partial charge in [0.2, 0.25) is 5.91 Å². The van der Waals surface area contributed by atoms with E-state index in [1.165, 1.54) is 6.07 Å². The molecule has 6 rings (SSSR count). The third-order valence-corrected chi connectivity index (χ3v) is 11.2. The first-order valence-corrected chi connectivity index (χ1v) is 18.8. The quantitative estimate of drug-likeness (QED) is 0.147. The van der Waals surface area contributed by atoms with Gasteiger partial charge in [-0.25, -0.2) is 4.39 Å². The topological polar surface area (TPSA) is 102 Å². The lowest BCUT2D eigenvalue weighted by atomic mass is 9.87. The fraction of sp³-hybridized carbons (Fsp3) is 0.541. The molecule has 1 saturated carbocycles. The number of carbonyl (C=O) groups is 3. The lowest BCUT2D eigenvalue weighted by molar-refractivity contribution is -0.150. The number of fused-ring (bicyclic) bond motifs is 1. The summed E-state index contributed by atoms with van der Waals surface area (Å²) in [4.78, 5) is 43.7. The maximum Gasteiger partial charge on any atom is 0.308 e. The number of amides is 2. The number of halogens is 2. The summed E-state index contributed by atoms with van der Waals surface area (Å²) in [6, 6.07) is 10.8. The third kappa shape index (κ3) is 7.97. The second-order valence-electron chi connectivity index (χ2n) is 13.5. The summed E-state index contributed by atoms with van der Waals surface area (Å²) in [5, 5.41) is 3.74. The number of likely N-dealkylation sites (tertiary alicyclic amines) is 2. The van der Waals surface area contributed by atoms with Crippen LogP contribution in [0.15, 0.2) is 42.6 Å². The predicted octanol–water partition coefficient (Wildman–Crippen LogP) is 5.49. The number of hydrogen-bond acceptors (Lipinski definition) is 7. The van der Waals surface area contributed by atoms with Crippen molar-refractivity contribution < 1.29 is 33.0 Å². The number of aryl methyl sites for hydroxylation is 1. The molecular formula is C37H46FIN4O6. The number of alkyl halides is 1. The third-order valence-electron chi connectivity index (χ3n) is 10.4. The number of carbonyl (C=O) groups excluding carboxylic acids is 3. The number of anilines is 1. The molecular weight excluding hydrogens is 742 g/mol. The van der Waals surface area contributed by atoms with Crippen LogP contribution in [0, 0.1) is 11.7 Å². The standard InChI is InChI=1S/C37H46FIN4O6/c1-4-48-37(46)23-9-11-28(12-10-23)49-22-27-15-26(42-19-29(20-42)47-3)18-43(27)35(44)14-24-13-25(17-39)33(16-32(24)38)40-36(45)31-21-41(2)34-8-6-5-7-30(31)34/h5-8,13,16,21,23,26-29H,4,9-12,14-15,17-20,22H2,1-3H3,(H,40,45)/t23-,26-,27-,28-/m0/s1. The van der Waals surface area contributed by atoms with Gasteiger partial charge in [0.15, 0.2) is 0 Å². The summed E-state index contributed by atoms with van der Waals surface area (Å²) in [7, 11) is 3.61. The summed E-state index contributed by atoms with van der Waals surface area (Å²) in [6.45, 7) is 4.82. The molecule has 10 nitrogen and oxygen atoms in total. The van der Waals surface area contributed by atoms with Gasteiger partial charge in [-0.15, -0.1) is 0 Å². The van der Waals surface area contributed by atoms with Crippen LogP contribution in [0.3, 0.4) is 0 Å². The number of rotatable bonds is 12. The fourth-order valence-corrected chi connectivity index (χ4v) is 8.15. The Labute approximate surface area is 300 Å². The molecule has 264 valence electrons. The van der Waals surface area contributed by atoms with Crippen molar-refractivity contribution >= 4 is 57.0 Å². The summed E-state index contributed by atoms with van der Waals surface area (Å²) < 4.78 is 35.2. The molecule has 12 heteroatoms. The first kappa shape index (κ1) is 35.7. The van der Waals surface area contributed by atoms with Crippen LogP contribution >= 0.6 is 22.6 Å². The summed E-state index contributed by atoms with van der Waals surface area (Å²) in [5.41, 5.74) is 2.91. The molecule has 49 heavy (non-hydrogen) atoms. The van der Waals surface area contributed by atoms with Gasteiger partial charge in [-0.2, -0.15) is 0 Å². The molecule has 3 heterocycles. The highest BCUT2D eigenvalue weighted by Crippen LogP contribution is 2.32. The van der Waals surface area contributed by atoms with Gasteiger partial charge in [0.25, 0.3) is 5.91 Å². The van der Waals surface area contributed by atoms with E-state index in [4.69, 9.17) is 14.2 Å². The molecule has 1 aliphatic carbocycles. The zero-order valence-corrected chi connectivity index (χ0v) is 30.6. The van der Waals surface area contributed by atoms with Gasteiger partial charge in [0.05, 0.1) is 49.4 Å². The van der Waals surface area contributed by atoms with Crippen LogP contribution in [-0.4, -0.2) is 96.4 Å². The lowest BCUT2D eigenvalue weighted by Gasteiger charge is -2.42. The highest BCUT2D eigenvalue weighted by atomic mass is 127. The SMILES string of the molecule is CCOC(=O)[C@H]1CC[C@H](OC[C@@H]2C[C@H](N3CC(OC)C3)CN2C(=O)Cc2cc(CI)c(NC(=O)c3cn(C)c4ccccc34)cc2F)CC1. The van der Waals surface area contributed by atoms with Gasteiger partial charge in [-0.05, 0) is 68.4 Å². The second kappa shape index (κ2) is 15.9. The minimum absolute atomic E-state index is 0.0313. The second-order valence-corrected chi connectivity index (χ2v) is 14.3. The van der Waals surface area contributed by atoms with Crippen LogP contribution in [0.4, 0.5) is 10.1 Å². The van der Waals surface area contributed by atoms with Gasteiger partial charge >= 0.3 is 5.97 Å². The van der Waals surface area contributed by atoms with Gasteiger partial charge < -0.3 is 29.0 Å². The number of nitrogens with one attached hydrogen (secondary N) is 1. The van der Waals surface area contributed by atoms with Crippen LogP contribution in [0.2, 0.25) is 0 Å². The Hall–Kier alpha value is -3.07. The summed E-state index contributed by atoms with van der Waals surface area (Å²) in [5.74, 6) is -1.18. The number of benzene rings is 2. The van der Waals surface area contributed by atoms with Crippen molar-refractivity contribution in [3.8, 4) is 0 Å². The molecule has 1 N–H and O–H groups in total. The van der Waals surface area contributed by atoms with Crippen LogP contribution in [-0.2, 0) is 41.7 Å². The number of esters is 1. The normalized spacial score (nSPS) is 23.1. The Balaban J connectivity index is 1.12. The van der Waals surface area contributed by atoms with Gasteiger partial charge in [-0.3, -0.25) is 19.3 Å². The monoisotopic (exact) mass is 788 g/mol. The molecule has 2 atom stereocenters. The molecule has 3 aliphatic rings. The van der Waals surface area contributed by atoms with Crippen molar-refractivity contribution in [2.75, 3.05) is 45.3 Å². The van der Waals surface area contributed by atoms with Crippen molar-refractivity contribution in [1.82, 2.24) is 14.4 Å². The molecule has 2 saturated heterocycles. The number of nitrogens with zero attached hydrogens (tertiary/aromatic N) is 3. The highest BCUT2D eigenvalue weighted by Gasteiger charge is 2.42. The van der Waals surface area contributed by atoms with E-state index >= 15 is 4.39 Å². The molecule has 2 aliphatic heterocycles. The Morgan fingerprint density at radius 3 is 2.49 bits per heavy atom. The molecule has 3 aromatic rings. The summed E-state index contributed by atoms with van der Waals surface area (Å²) >= 11 is 2.20. The minimum Gasteiger partial charge on any atom is -0.466 e. The van der Waals surface area contributed by atoms with Crippen LogP contribution in [0.25, 0.3) is 10.9 Å². The van der Waals surface area contributed by atoms with Crippen LogP contribution < -0.4 is 5.32 Å². The van der Waals surface area contributed by atoms with Crippen molar-refractivity contribution in [2.45, 2.75) is 74.2 Å². The van der Waals surface area contributed by atoms with E-state index < -0.39 is 5.82 Å². The average molecular weight is 789 g/mol. The molecule has 1 aromatic heterocycles. The van der Waals surface area contributed by atoms with E-state index in [0.29, 0.717) is 41.0 Å². The van der Waals surface area contributed by atoms with Crippen molar-refractivity contribution in [1.29, 1.82) is 0 Å². The predicted molar refractivity (Wildman–Crippen MR) is 193 cm³/mol. The van der Waals surface area contributed by atoms with E-state index in [9.17, 15) is 14.4 Å². The highest BCUT2D eigenvalue weighted by molar-refractivity contribution is 14.1. The average Bonchev–Trinajstić information content (AvgIpc) is 3.66. The number of ether oxygens (including phenoxy) is 3. The van der Waals surface area contributed by atoms with E-state index in [1.807, 2.05) is 47.7 Å². The Morgan fingerprint density at radius 1 is 1.02 bits per heavy atom. The van der Waals surface area contributed by atoms with E-state index in [2.05, 4.69) is 32.8 Å². The number of aromatic nitrogens is 1. The van der Waals surface area contributed by atoms with E-state index in [-0.39, 0.29) is 54.4 Å². The minimum atomic E-state index is -0.525. The Kier molecular flexibility index (Phi) is 11.6. The fourth-order valence-electron chi connectivity index (χ4n) is 7.52. The molecule has 0 bridgehead atoms. The van der Waals surface area contributed by atoms with E-state index in [0.717, 1.165) is 61.7 Å². The summed E-state index contributed by atoms with van der Waals surface area (Å²) in [6.07, 6.45) is 5.75.